The molecule has 3 rings (SSSR count). The minimum Gasteiger partial charge on any atom is -0.481 e. The number of nitrogens with one attached hydrogen (secondary N) is 1. The number of aliphatic carboxylic acids is 1. The van der Waals surface area contributed by atoms with Crippen LogP contribution in [0.3, 0.4) is 0 Å². The molecule has 2 N–H and O–H groups in total. The molecule has 1 amide bonds. The van der Waals surface area contributed by atoms with Gasteiger partial charge in [0.05, 0.1) is 29.4 Å². The van der Waals surface area contributed by atoms with E-state index in [1.54, 1.807) is 25.1 Å². The number of halogens is 3. The summed E-state index contributed by atoms with van der Waals surface area (Å²) in [5, 5.41) is 12.5. The van der Waals surface area contributed by atoms with Crippen LogP contribution in [-0.2, 0) is 22.2 Å². The van der Waals surface area contributed by atoms with Crippen molar-refractivity contribution in [2.45, 2.75) is 65.2 Å². The molecule has 0 saturated heterocycles. The predicted octanol–water partition coefficient (Wildman–Crippen LogP) is 6.21. The van der Waals surface area contributed by atoms with Crippen LogP contribution in [0.5, 0.6) is 0 Å². The molecule has 0 aliphatic heterocycles. The molecule has 242 valence electrons. The molecular formula is C34H41F3N4O4. The molecule has 0 bridgehead atoms. The van der Waals surface area contributed by atoms with E-state index in [1.807, 2.05) is 52.0 Å². The first-order chi connectivity index (χ1) is 21.0. The second-order valence-electron chi connectivity index (χ2n) is 12.0. The van der Waals surface area contributed by atoms with Gasteiger partial charge in [-0.05, 0) is 92.7 Å². The Balaban J connectivity index is 2.13. The number of carboxylic acids is 1. The van der Waals surface area contributed by atoms with Crippen molar-refractivity contribution in [1.82, 2.24) is 19.8 Å². The van der Waals surface area contributed by atoms with Crippen molar-refractivity contribution in [1.29, 1.82) is 0 Å². The number of pyridine rings is 2. The van der Waals surface area contributed by atoms with Crippen LogP contribution < -0.4 is 10.9 Å². The van der Waals surface area contributed by atoms with Crippen LogP contribution in [0.4, 0.5) is 13.2 Å². The molecule has 11 heteroatoms. The summed E-state index contributed by atoms with van der Waals surface area (Å²) in [6.07, 6.45) is -2.51. The van der Waals surface area contributed by atoms with Gasteiger partial charge in [0.1, 0.15) is 6.04 Å². The van der Waals surface area contributed by atoms with Crippen molar-refractivity contribution in [3.63, 3.8) is 0 Å². The molecule has 1 aromatic carbocycles. The molecule has 0 radical (unpaired) electrons. The van der Waals surface area contributed by atoms with E-state index in [4.69, 9.17) is 0 Å². The smallest absolute Gasteiger partial charge is 0.416 e. The zero-order valence-electron chi connectivity index (χ0n) is 26.5. The Morgan fingerprint density at radius 2 is 1.78 bits per heavy atom. The molecule has 3 aromatic rings. The van der Waals surface area contributed by atoms with E-state index in [9.17, 15) is 32.7 Å². The van der Waals surface area contributed by atoms with E-state index in [0.717, 1.165) is 33.0 Å². The predicted molar refractivity (Wildman–Crippen MR) is 169 cm³/mol. The summed E-state index contributed by atoms with van der Waals surface area (Å²) in [7, 11) is 3.45. The molecule has 0 fully saturated rings. The fourth-order valence-electron chi connectivity index (χ4n) is 5.38. The van der Waals surface area contributed by atoms with Gasteiger partial charge in [-0.15, -0.1) is 0 Å². The molecule has 8 nitrogen and oxygen atoms in total. The second kappa shape index (κ2) is 14.7. The molecule has 0 aliphatic carbocycles. The zero-order chi connectivity index (χ0) is 33.6. The number of hydrogen-bond acceptors (Lipinski definition) is 5. The van der Waals surface area contributed by atoms with Gasteiger partial charge in [0, 0.05) is 18.8 Å². The summed E-state index contributed by atoms with van der Waals surface area (Å²) in [5.74, 6) is -2.02. The van der Waals surface area contributed by atoms with E-state index >= 15 is 0 Å². The van der Waals surface area contributed by atoms with Crippen LogP contribution in [0, 0.1) is 19.8 Å². The van der Waals surface area contributed by atoms with E-state index in [-0.39, 0.29) is 36.6 Å². The van der Waals surface area contributed by atoms with Gasteiger partial charge in [0.2, 0.25) is 5.91 Å². The Labute approximate surface area is 261 Å². The first-order valence-electron chi connectivity index (χ1n) is 14.7. The number of aromatic nitrogens is 2. The van der Waals surface area contributed by atoms with Crippen LogP contribution in [0.1, 0.15) is 72.4 Å². The second-order valence-corrected chi connectivity index (χ2v) is 12.0. The van der Waals surface area contributed by atoms with Crippen LogP contribution in [0.25, 0.3) is 17.2 Å². The average Bonchev–Trinajstić information content (AvgIpc) is 2.93. The van der Waals surface area contributed by atoms with Gasteiger partial charge in [-0.2, -0.15) is 13.2 Å². The number of alkyl halides is 3. The third kappa shape index (κ3) is 9.13. The lowest BCUT2D eigenvalue weighted by Crippen LogP contribution is -2.41. The Morgan fingerprint density at radius 1 is 1.13 bits per heavy atom. The molecular weight excluding hydrogens is 585 g/mol. The van der Waals surface area contributed by atoms with Crippen molar-refractivity contribution in [3.05, 3.63) is 93.2 Å². The van der Waals surface area contributed by atoms with Crippen molar-refractivity contribution >= 4 is 18.0 Å². The highest BCUT2D eigenvalue weighted by molar-refractivity contribution is 5.82. The number of carboxylic acid groups (broad SMARTS) is 1. The number of amides is 1. The third-order valence-corrected chi connectivity index (χ3v) is 7.53. The van der Waals surface area contributed by atoms with Gasteiger partial charge in [0.15, 0.2) is 0 Å². The average molecular weight is 627 g/mol. The molecule has 45 heavy (non-hydrogen) atoms. The van der Waals surface area contributed by atoms with Crippen molar-refractivity contribution in [2.24, 2.45) is 5.92 Å². The normalized spacial score (nSPS) is 13.1. The summed E-state index contributed by atoms with van der Waals surface area (Å²) < 4.78 is 42.7. The Hall–Kier alpha value is -4.25. The number of carbonyl (C=O) groups excluding carboxylic acids is 1. The van der Waals surface area contributed by atoms with E-state index in [1.165, 1.54) is 6.08 Å². The van der Waals surface area contributed by atoms with Gasteiger partial charge in [-0.3, -0.25) is 19.4 Å². The number of nitrogens with zero attached hydrogens (tertiary/aromatic N) is 3. The van der Waals surface area contributed by atoms with Gasteiger partial charge in [0.25, 0.3) is 5.56 Å². The summed E-state index contributed by atoms with van der Waals surface area (Å²) in [5.41, 5.74) is 2.29. The lowest BCUT2D eigenvalue weighted by atomic mass is 9.94. The van der Waals surface area contributed by atoms with Crippen LogP contribution in [0.15, 0.2) is 54.0 Å². The molecule has 2 atom stereocenters. The first-order valence-corrected chi connectivity index (χ1v) is 14.7. The topological polar surface area (TPSA) is 105 Å². The molecule has 2 heterocycles. The summed E-state index contributed by atoms with van der Waals surface area (Å²) in [6.45, 7) is 11.7. The number of aryl methyl sites for hydroxylation is 2. The molecule has 2 aromatic heterocycles. The van der Waals surface area contributed by atoms with Gasteiger partial charge in [-0.25, -0.2) is 0 Å². The van der Waals surface area contributed by atoms with Crippen molar-refractivity contribution in [2.75, 3.05) is 20.6 Å². The molecule has 0 unspecified atom stereocenters. The quantitative estimate of drug-likeness (QED) is 0.234. The molecule has 0 spiro atoms. The standard InChI is InChI=1S/C34H41F3N4O4/c1-8-25-15-24(32-21(4)10-9-11-22(32)5)16-27(38-25)28(18-31(43)44)39-33(45)29(14-20(2)3)41-19-23(12-13-40(6)7)26(17-30(41)42)34(35,36)37/h8-11,15-17,19-20,28-29H,1,12-14,18H2,2-7H3,(H,39,45)(H,43,44)/t28-,29-/m0/s1. The number of rotatable bonds is 13. The summed E-state index contributed by atoms with van der Waals surface area (Å²) >= 11 is 0. The highest BCUT2D eigenvalue weighted by Gasteiger charge is 2.36. The Bertz CT molecular complexity index is 1590. The van der Waals surface area contributed by atoms with Crippen molar-refractivity contribution in [3.8, 4) is 11.1 Å². The molecule has 0 aliphatic rings. The zero-order valence-corrected chi connectivity index (χ0v) is 26.5. The van der Waals surface area contributed by atoms with E-state index in [0.29, 0.717) is 11.8 Å². The highest BCUT2D eigenvalue weighted by Crippen LogP contribution is 2.33. The van der Waals surface area contributed by atoms with E-state index < -0.39 is 47.7 Å². The first kappa shape index (κ1) is 35.2. The largest absolute Gasteiger partial charge is 0.481 e. The minimum atomic E-state index is -4.75. The maximum absolute atomic E-state index is 13.9. The van der Waals surface area contributed by atoms with E-state index in [2.05, 4.69) is 16.9 Å². The molecule has 0 saturated carbocycles. The third-order valence-electron chi connectivity index (χ3n) is 7.53. The minimum absolute atomic E-state index is 0.000851. The van der Waals surface area contributed by atoms with Crippen LogP contribution in [-0.4, -0.2) is 52.1 Å². The monoisotopic (exact) mass is 626 g/mol. The maximum Gasteiger partial charge on any atom is 0.416 e. The number of likely N-dealkylation sites (N-methyl/N-ethyl adjacent to an activating group) is 1. The number of carbonyl (C=O) groups is 2. The van der Waals surface area contributed by atoms with Gasteiger partial charge < -0.3 is 19.9 Å². The van der Waals surface area contributed by atoms with Crippen LogP contribution >= 0.6 is 0 Å². The summed E-state index contributed by atoms with van der Waals surface area (Å²) in [6, 6.07) is 7.62. The SMILES string of the molecule is C=Cc1cc(-c2c(C)cccc2C)cc([C@H](CC(=O)O)NC(=O)[C@H](CC(C)C)n2cc(CCN(C)C)c(C(F)(F)F)cc2=O)n1. The number of benzene rings is 1. The van der Waals surface area contributed by atoms with Gasteiger partial charge in [-0.1, -0.05) is 38.6 Å². The van der Waals surface area contributed by atoms with Gasteiger partial charge >= 0.3 is 12.1 Å². The summed E-state index contributed by atoms with van der Waals surface area (Å²) in [4.78, 5) is 45.3. The fourth-order valence-corrected chi connectivity index (χ4v) is 5.38. The Kier molecular flexibility index (Phi) is 11.5. The lowest BCUT2D eigenvalue weighted by molar-refractivity contribution is -0.139. The number of hydrogen-bond donors (Lipinski definition) is 2. The van der Waals surface area contributed by atoms with Crippen molar-refractivity contribution < 1.29 is 27.9 Å². The van der Waals surface area contributed by atoms with Crippen LogP contribution in [0.2, 0.25) is 0 Å². The lowest BCUT2D eigenvalue weighted by Gasteiger charge is -2.26. The maximum atomic E-state index is 13.9. The fraction of sp³-hybridized carbons (Fsp3) is 0.412. The highest BCUT2D eigenvalue weighted by atomic mass is 19.4. The Morgan fingerprint density at radius 3 is 2.31 bits per heavy atom.